The van der Waals surface area contributed by atoms with Crippen molar-refractivity contribution in [3.05, 3.63) is 18.0 Å². The standard InChI is InChI=1S/C17H29N3O/c1-14(2)16-12-18-20(13-16)17-7-10-19(11-8-17)9-5-4-6-15(3)21/h12-14,17H,4-11H2,1-3H3. The highest BCUT2D eigenvalue weighted by Gasteiger charge is 2.21. The fourth-order valence-electron chi connectivity index (χ4n) is 2.97. The van der Waals surface area contributed by atoms with Crippen molar-refractivity contribution in [1.29, 1.82) is 0 Å². The molecule has 2 rings (SSSR count). The summed E-state index contributed by atoms with van der Waals surface area (Å²) < 4.78 is 2.17. The number of aromatic nitrogens is 2. The van der Waals surface area contributed by atoms with E-state index in [9.17, 15) is 4.79 Å². The van der Waals surface area contributed by atoms with E-state index >= 15 is 0 Å². The van der Waals surface area contributed by atoms with Gasteiger partial charge in [-0.3, -0.25) is 4.68 Å². The van der Waals surface area contributed by atoms with E-state index in [1.54, 1.807) is 6.92 Å². The number of carbonyl (C=O) groups excluding carboxylic acids is 1. The molecule has 1 aromatic heterocycles. The smallest absolute Gasteiger partial charge is 0.129 e. The van der Waals surface area contributed by atoms with Crippen molar-refractivity contribution in [2.24, 2.45) is 0 Å². The Hall–Kier alpha value is -1.16. The molecule has 1 saturated heterocycles. The molecule has 1 aliphatic rings. The van der Waals surface area contributed by atoms with Gasteiger partial charge in [-0.15, -0.1) is 0 Å². The normalized spacial score (nSPS) is 17.5. The van der Waals surface area contributed by atoms with E-state index in [1.165, 1.54) is 18.4 Å². The summed E-state index contributed by atoms with van der Waals surface area (Å²) in [4.78, 5) is 13.5. The molecule has 0 spiro atoms. The van der Waals surface area contributed by atoms with Crippen molar-refractivity contribution in [3.63, 3.8) is 0 Å². The van der Waals surface area contributed by atoms with Crippen LogP contribution in [0.5, 0.6) is 0 Å². The van der Waals surface area contributed by atoms with Crippen molar-refractivity contribution >= 4 is 5.78 Å². The summed E-state index contributed by atoms with van der Waals surface area (Å²) in [6, 6.07) is 0.561. The highest BCUT2D eigenvalue weighted by atomic mass is 16.1. The van der Waals surface area contributed by atoms with E-state index in [2.05, 4.69) is 34.7 Å². The lowest BCUT2D eigenvalue weighted by atomic mass is 10.0. The molecule has 1 aliphatic heterocycles. The Morgan fingerprint density at radius 1 is 1.33 bits per heavy atom. The topological polar surface area (TPSA) is 38.1 Å². The van der Waals surface area contributed by atoms with Gasteiger partial charge in [0.2, 0.25) is 0 Å². The number of Topliss-reactive ketones (excluding diaryl/α,β-unsaturated/α-hetero) is 1. The lowest BCUT2D eigenvalue weighted by molar-refractivity contribution is -0.117. The first-order chi connectivity index (χ1) is 10.1. The zero-order valence-corrected chi connectivity index (χ0v) is 13.7. The fraction of sp³-hybridized carbons (Fsp3) is 0.765. The Labute approximate surface area is 128 Å². The predicted molar refractivity (Wildman–Crippen MR) is 85.6 cm³/mol. The van der Waals surface area contributed by atoms with Crippen LogP contribution < -0.4 is 0 Å². The van der Waals surface area contributed by atoms with Crippen LogP contribution in [0.2, 0.25) is 0 Å². The van der Waals surface area contributed by atoms with Crippen molar-refractivity contribution in [2.45, 2.75) is 64.8 Å². The first-order valence-corrected chi connectivity index (χ1v) is 8.32. The number of rotatable bonds is 7. The molecule has 0 saturated carbocycles. The molecule has 2 heterocycles. The van der Waals surface area contributed by atoms with Gasteiger partial charge in [-0.25, -0.2) is 0 Å². The molecule has 1 fully saturated rings. The summed E-state index contributed by atoms with van der Waals surface area (Å²) in [5, 5.41) is 4.54. The highest BCUT2D eigenvalue weighted by molar-refractivity contribution is 5.75. The van der Waals surface area contributed by atoms with Gasteiger partial charge in [0.1, 0.15) is 5.78 Å². The zero-order valence-electron chi connectivity index (χ0n) is 13.7. The van der Waals surface area contributed by atoms with E-state index in [1.807, 2.05) is 6.20 Å². The minimum absolute atomic E-state index is 0.313. The quantitative estimate of drug-likeness (QED) is 0.723. The molecule has 0 radical (unpaired) electrons. The molecule has 0 atom stereocenters. The lowest BCUT2D eigenvalue weighted by Gasteiger charge is -2.32. The van der Waals surface area contributed by atoms with Gasteiger partial charge in [0.05, 0.1) is 12.2 Å². The predicted octanol–water partition coefficient (Wildman–Crippen LogP) is 3.40. The summed E-state index contributed by atoms with van der Waals surface area (Å²) in [6.45, 7) is 9.55. The average molecular weight is 291 g/mol. The number of likely N-dealkylation sites (tertiary alicyclic amines) is 1. The molecule has 0 aliphatic carbocycles. The monoisotopic (exact) mass is 291 g/mol. The summed E-state index contributed by atoms with van der Waals surface area (Å²) in [5.41, 5.74) is 1.33. The van der Waals surface area contributed by atoms with Gasteiger partial charge in [0, 0.05) is 25.7 Å². The van der Waals surface area contributed by atoms with Gasteiger partial charge in [0.15, 0.2) is 0 Å². The van der Waals surface area contributed by atoms with Crippen LogP contribution in [0.25, 0.3) is 0 Å². The maximum Gasteiger partial charge on any atom is 0.129 e. The third-order valence-corrected chi connectivity index (χ3v) is 4.47. The molecular weight excluding hydrogens is 262 g/mol. The van der Waals surface area contributed by atoms with Crippen molar-refractivity contribution in [2.75, 3.05) is 19.6 Å². The van der Waals surface area contributed by atoms with Gasteiger partial charge in [-0.1, -0.05) is 13.8 Å². The Morgan fingerprint density at radius 2 is 2.05 bits per heavy atom. The molecule has 0 aromatic carbocycles. The van der Waals surface area contributed by atoms with Crippen LogP contribution in [-0.4, -0.2) is 40.1 Å². The highest BCUT2D eigenvalue weighted by Crippen LogP contribution is 2.24. The van der Waals surface area contributed by atoms with Gasteiger partial charge in [-0.2, -0.15) is 5.10 Å². The molecule has 1 aromatic rings. The van der Waals surface area contributed by atoms with Gasteiger partial charge in [-0.05, 0) is 50.6 Å². The average Bonchev–Trinajstić information content (AvgIpc) is 2.94. The summed E-state index contributed by atoms with van der Waals surface area (Å²) in [7, 11) is 0. The van der Waals surface area contributed by atoms with E-state index in [0.717, 1.165) is 38.9 Å². The van der Waals surface area contributed by atoms with E-state index in [-0.39, 0.29) is 0 Å². The molecule has 118 valence electrons. The van der Waals surface area contributed by atoms with Crippen molar-refractivity contribution in [1.82, 2.24) is 14.7 Å². The molecule has 0 N–H and O–H groups in total. The van der Waals surface area contributed by atoms with Crippen LogP contribution in [0.1, 0.15) is 70.4 Å². The van der Waals surface area contributed by atoms with Gasteiger partial charge in [0.25, 0.3) is 0 Å². The van der Waals surface area contributed by atoms with Crippen molar-refractivity contribution < 1.29 is 4.79 Å². The zero-order chi connectivity index (χ0) is 15.2. The second-order valence-corrected chi connectivity index (χ2v) is 6.64. The van der Waals surface area contributed by atoms with Gasteiger partial charge < -0.3 is 9.69 Å². The Bertz CT molecular complexity index is 445. The van der Waals surface area contributed by atoms with Crippen LogP contribution in [0, 0.1) is 0 Å². The maximum absolute atomic E-state index is 10.9. The minimum Gasteiger partial charge on any atom is -0.303 e. The number of hydrogen-bond donors (Lipinski definition) is 0. The molecule has 4 nitrogen and oxygen atoms in total. The van der Waals surface area contributed by atoms with Crippen LogP contribution in [0.15, 0.2) is 12.4 Å². The molecule has 0 unspecified atom stereocenters. The summed E-state index contributed by atoms with van der Waals surface area (Å²) in [5.74, 6) is 0.869. The van der Waals surface area contributed by atoms with E-state index < -0.39 is 0 Å². The number of piperidine rings is 1. The summed E-state index contributed by atoms with van der Waals surface area (Å²) >= 11 is 0. The maximum atomic E-state index is 10.9. The number of ketones is 1. The lowest BCUT2D eigenvalue weighted by Crippen LogP contribution is -2.35. The second-order valence-electron chi connectivity index (χ2n) is 6.64. The Balaban J connectivity index is 1.71. The number of nitrogens with zero attached hydrogens (tertiary/aromatic N) is 3. The van der Waals surface area contributed by atoms with E-state index in [4.69, 9.17) is 0 Å². The number of hydrogen-bond acceptors (Lipinski definition) is 3. The molecule has 0 bridgehead atoms. The SMILES string of the molecule is CC(=O)CCCCN1CCC(n2cc(C(C)C)cn2)CC1. The minimum atomic E-state index is 0.313. The van der Waals surface area contributed by atoms with Crippen LogP contribution in [-0.2, 0) is 4.79 Å². The third-order valence-electron chi connectivity index (χ3n) is 4.47. The fourth-order valence-corrected chi connectivity index (χ4v) is 2.97. The largest absolute Gasteiger partial charge is 0.303 e. The molecule has 0 amide bonds. The van der Waals surface area contributed by atoms with Crippen LogP contribution in [0.3, 0.4) is 0 Å². The van der Waals surface area contributed by atoms with Crippen LogP contribution >= 0.6 is 0 Å². The van der Waals surface area contributed by atoms with Gasteiger partial charge >= 0.3 is 0 Å². The van der Waals surface area contributed by atoms with Crippen LogP contribution in [0.4, 0.5) is 0 Å². The first kappa shape index (κ1) is 16.2. The van der Waals surface area contributed by atoms with Crippen molar-refractivity contribution in [3.8, 4) is 0 Å². The number of carbonyl (C=O) groups is 1. The first-order valence-electron chi connectivity index (χ1n) is 8.32. The third kappa shape index (κ3) is 4.95. The number of unbranched alkanes of at least 4 members (excludes halogenated alkanes) is 1. The molecule has 4 heteroatoms. The summed E-state index contributed by atoms with van der Waals surface area (Å²) in [6.07, 6.45) is 9.52. The molecule has 21 heavy (non-hydrogen) atoms. The van der Waals surface area contributed by atoms with E-state index in [0.29, 0.717) is 17.7 Å². The second kappa shape index (κ2) is 7.74. The molecular formula is C17H29N3O. The Morgan fingerprint density at radius 3 is 2.62 bits per heavy atom. The Kier molecular flexibility index (Phi) is 5.97.